The van der Waals surface area contributed by atoms with Gasteiger partial charge in [-0.3, -0.25) is 9.59 Å². The van der Waals surface area contributed by atoms with Crippen LogP contribution in [0.2, 0.25) is 0 Å². The molecule has 80 valence electrons. The van der Waals surface area contributed by atoms with E-state index in [2.05, 4.69) is 4.98 Å². The number of anilines is 1. The number of carbonyl (C=O) groups is 3. The Morgan fingerprint density at radius 3 is 2.44 bits per heavy atom. The predicted molar refractivity (Wildman–Crippen MR) is 52.8 cm³/mol. The van der Waals surface area contributed by atoms with Crippen LogP contribution in [0.25, 0.3) is 0 Å². The number of carbonyl (C=O) groups excluding carboxylic acids is 2. The summed E-state index contributed by atoms with van der Waals surface area (Å²) >= 11 is 0. The number of nitrogens with zero attached hydrogens (tertiary/aromatic N) is 2. The Morgan fingerprint density at radius 1 is 1.25 bits per heavy atom. The van der Waals surface area contributed by atoms with Crippen LogP contribution < -0.4 is 4.90 Å². The van der Waals surface area contributed by atoms with Gasteiger partial charge in [0.2, 0.25) is 0 Å². The summed E-state index contributed by atoms with van der Waals surface area (Å²) in [5.41, 5.74) is -0.0301. The van der Waals surface area contributed by atoms with Gasteiger partial charge in [-0.05, 0) is 12.1 Å². The Balaban J connectivity index is 2.41. The first-order valence-corrected chi connectivity index (χ1v) is 4.35. The minimum atomic E-state index is -1.14. The van der Waals surface area contributed by atoms with Crippen molar-refractivity contribution in [1.82, 2.24) is 4.98 Å². The van der Waals surface area contributed by atoms with E-state index in [-0.39, 0.29) is 11.4 Å². The molecular formula is C10H6N2O4. The summed E-state index contributed by atoms with van der Waals surface area (Å²) in [6.45, 7) is 0. The average molecular weight is 218 g/mol. The van der Waals surface area contributed by atoms with Gasteiger partial charge in [0.1, 0.15) is 5.82 Å². The fourth-order valence-electron chi connectivity index (χ4n) is 1.30. The van der Waals surface area contributed by atoms with E-state index in [0.29, 0.717) is 0 Å². The lowest BCUT2D eigenvalue weighted by Crippen LogP contribution is -2.30. The molecule has 6 nitrogen and oxygen atoms in total. The molecule has 0 unspecified atom stereocenters. The highest BCUT2D eigenvalue weighted by molar-refractivity contribution is 6.27. The zero-order chi connectivity index (χ0) is 11.7. The lowest BCUT2D eigenvalue weighted by Gasteiger charge is -2.12. The highest BCUT2D eigenvalue weighted by Crippen LogP contribution is 2.17. The molecule has 0 saturated heterocycles. The van der Waals surface area contributed by atoms with Crippen molar-refractivity contribution in [3.05, 3.63) is 36.0 Å². The Kier molecular flexibility index (Phi) is 2.24. The van der Waals surface area contributed by atoms with Crippen LogP contribution in [-0.4, -0.2) is 27.9 Å². The highest BCUT2D eigenvalue weighted by atomic mass is 16.4. The highest BCUT2D eigenvalue weighted by Gasteiger charge is 2.26. The van der Waals surface area contributed by atoms with Gasteiger partial charge < -0.3 is 5.11 Å². The summed E-state index contributed by atoms with van der Waals surface area (Å²) < 4.78 is 0. The number of aromatic carboxylic acids is 1. The van der Waals surface area contributed by atoms with Gasteiger partial charge in [-0.25, -0.2) is 14.7 Å². The largest absolute Gasteiger partial charge is 0.478 e. The Labute approximate surface area is 89.8 Å². The second-order valence-electron chi connectivity index (χ2n) is 3.05. The third-order valence-electron chi connectivity index (χ3n) is 2.03. The van der Waals surface area contributed by atoms with Gasteiger partial charge in [-0.15, -0.1) is 0 Å². The van der Waals surface area contributed by atoms with Crippen molar-refractivity contribution >= 4 is 23.6 Å². The molecule has 1 aliphatic heterocycles. The van der Waals surface area contributed by atoms with Gasteiger partial charge in [0.15, 0.2) is 0 Å². The fraction of sp³-hybridized carbons (Fsp3) is 0. The van der Waals surface area contributed by atoms with Crippen molar-refractivity contribution in [3.63, 3.8) is 0 Å². The number of hydrogen-bond acceptors (Lipinski definition) is 4. The number of imide groups is 1. The molecule has 2 heterocycles. The SMILES string of the molecule is O=C(O)c1ccnc(N2C(=O)C=CC2=O)c1. The number of carboxylic acid groups (broad SMARTS) is 1. The van der Waals surface area contributed by atoms with Crippen LogP contribution in [0, 0.1) is 0 Å². The Bertz CT molecular complexity index is 503. The topological polar surface area (TPSA) is 87.6 Å². The molecule has 0 aromatic carbocycles. The lowest BCUT2D eigenvalue weighted by molar-refractivity contribution is -0.120. The maximum absolute atomic E-state index is 11.3. The molecule has 0 atom stereocenters. The van der Waals surface area contributed by atoms with E-state index in [1.807, 2.05) is 0 Å². The molecule has 0 aliphatic carbocycles. The minimum absolute atomic E-state index is 0.0138. The molecule has 6 heteroatoms. The molecule has 0 fully saturated rings. The van der Waals surface area contributed by atoms with Crippen LogP contribution in [0.15, 0.2) is 30.5 Å². The first-order valence-electron chi connectivity index (χ1n) is 4.35. The zero-order valence-corrected chi connectivity index (χ0v) is 7.95. The van der Waals surface area contributed by atoms with Crippen molar-refractivity contribution in [2.45, 2.75) is 0 Å². The standard InChI is InChI=1S/C10H6N2O4/c13-8-1-2-9(14)12(8)7-5-6(10(15)16)3-4-11-7/h1-5H,(H,15,16). The van der Waals surface area contributed by atoms with E-state index in [1.165, 1.54) is 18.3 Å². The quantitative estimate of drug-likeness (QED) is 0.717. The van der Waals surface area contributed by atoms with Crippen molar-refractivity contribution in [3.8, 4) is 0 Å². The molecule has 0 spiro atoms. The summed E-state index contributed by atoms with van der Waals surface area (Å²) in [6.07, 6.45) is 3.45. The van der Waals surface area contributed by atoms with Crippen molar-refractivity contribution in [1.29, 1.82) is 0 Å². The van der Waals surface area contributed by atoms with E-state index >= 15 is 0 Å². The third kappa shape index (κ3) is 1.56. The molecule has 0 radical (unpaired) electrons. The smallest absolute Gasteiger partial charge is 0.335 e. The number of carboxylic acids is 1. The van der Waals surface area contributed by atoms with Crippen LogP contribution in [0.4, 0.5) is 5.82 Å². The molecule has 1 aromatic heterocycles. The molecular weight excluding hydrogens is 212 g/mol. The summed E-state index contributed by atoms with van der Waals surface area (Å²) in [5.74, 6) is -2.18. The summed E-state index contributed by atoms with van der Waals surface area (Å²) in [6, 6.07) is 2.45. The molecule has 16 heavy (non-hydrogen) atoms. The second-order valence-corrected chi connectivity index (χ2v) is 3.05. The summed E-state index contributed by atoms with van der Waals surface area (Å²) in [4.78, 5) is 37.9. The van der Waals surface area contributed by atoms with Gasteiger partial charge in [0.05, 0.1) is 5.56 Å². The number of pyridine rings is 1. The van der Waals surface area contributed by atoms with Gasteiger partial charge in [0.25, 0.3) is 11.8 Å². The molecule has 0 saturated carbocycles. The predicted octanol–water partition coefficient (Wildman–Crippen LogP) is 0.209. The van der Waals surface area contributed by atoms with Crippen LogP contribution in [0.3, 0.4) is 0 Å². The van der Waals surface area contributed by atoms with Crippen molar-refractivity contribution in [2.24, 2.45) is 0 Å². The Morgan fingerprint density at radius 2 is 1.88 bits per heavy atom. The molecule has 2 amide bonds. The van der Waals surface area contributed by atoms with E-state index in [1.54, 1.807) is 0 Å². The lowest BCUT2D eigenvalue weighted by atomic mass is 10.2. The second kappa shape index (κ2) is 3.58. The molecule has 2 rings (SSSR count). The zero-order valence-electron chi connectivity index (χ0n) is 7.95. The van der Waals surface area contributed by atoms with Gasteiger partial charge >= 0.3 is 5.97 Å². The molecule has 1 aliphatic rings. The van der Waals surface area contributed by atoms with Crippen LogP contribution in [-0.2, 0) is 9.59 Å². The monoisotopic (exact) mass is 218 g/mol. The first kappa shape index (κ1) is 10.0. The summed E-state index contributed by atoms with van der Waals surface area (Å²) in [5, 5.41) is 8.75. The van der Waals surface area contributed by atoms with Crippen LogP contribution in [0.1, 0.15) is 10.4 Å². The number of aromatic nitrogens is 1. The van der Waals surface area contributed by atoms with E-state index in [9.17, 15) is 14.4 Å². The number of amides is 2. The van der Waals surface area contributed by atoms with E-state index < -0.39 is 17.8 Å². The summed E-state index contributed by atoms with van der Waals surface area (Å²) in [7, 11) is 0. The Hall–Kier alpha value is -2.50. The molecule has 0 bridgehead atoms. The van der Waals surface area contributed by atoms with Crippen molar-refractivity contribution in [2.75, 3.05) is 4.90 Å². The maximum atomic E-state index is 11.3. The average Bonchev–Trinajstić information content (AvgIpc) is 2.59. The van der Waals surface area contributed by atoms with Gasteiger partial charge in [0, 0.05) is 18.3 Å². The van der Waals surface area contributed by atoms with E-state index in [4.69, 9.17) is 5.11 Å². The van der Waals surface area contributed by atoms with Gasteiger partial charge in [-0.2, -0.15) is 0 Å². The maximum Gasteiger partial charge on any atom is 0.335 e. The third-order valence-corrected chi connectivity index (χ3v) is 2.03. The minimum Gasteiger partial charge on any atom is -0.478 e. The normalized spacial score (nSPS) is 14.6. The van der Waals surface area contributed by atoms with E-state index in [0.717, 1.165) is 17.1 Å². The number of hydrogen-bond donors (Lipinski definition) is 1. The fourth-order valence-corrected chi connectivity index (χ4v) is 1.30. The van der Waals surface area contributed by atoms with Crippen LogP contribution >= 0.6 is 0 Å². The number of rotatable bonds is 2. The van der Waals surface area contributed by atoms with Gasteiger partial charge in [-0.1, -0.05) is 0 Å². The van der Waals surface area contributed by atoms with Crippen molar-refractivity contribution < 1.29 is 19.5 Å². The first-order chi connectivity index (χ1) is 7.59. The molecule has 1 N–H and O–H groups in total. The van der Waals surface area contributed by atoms with Crippen LogP contribution in [0.5, 0.6) is 0 Å². The molecule has 1 aromatic rings.